The Hall–Kier alpha value is -3.07. The van der Waals surface area contributed by atoms with Gasteiger partial charge in [-0.2, -0.15) is 0 Å². The van der Waals surface area contributed by atoms with Gasteiger partial charge >= 0.3 is 0 Å². The molecule has 3 aromatic rings. The summed E-state index contributed by atoms with van der Waals surface area (Å²) in [6, 6.07) is 19.3. The number of aryl methyl sites for hydroxylation is 1. The van der Waals surface area contributed by atoms with Crippen LogP contribution in [0.2, 0.25) is 10.0 Å². The van der Waals surface area contributed by atoms with Gasteiger partial charge in [0.1, 0.15) is 12.6 Å². The van der Waals surface area contributed by atoms with Gasteiger partial charge in [-0.3, -0.25) is 13.9 Å². The SMILES string of the molecule is Cc1cccc(CN(C(=O)CN(c2cccc(Cl)c2Cl)S(=O)(=O)c2ccccc2)C(C)C(=O)NC2CCCC2)c1. The van der Waals surface area contributed by atoms with Crippen LogP contribution in [-0.2, 0) is 26.2 Å². The summed E-state index contributed by atoms with van der Waals surface area (Å²) in [6.45, 7) is 3.16. The maximum atomic E-state index is 14.0. The maximum Gasteiger partial charge on any atom is 0.264 e. The molecular weight excluding hydrogens is 569 g/mol. The number of hydrogen-bond acceptors (Lipinski definition) is 4. The van der Waals surface area contributed by atoms with Gasteiger partial charge in [0, 0.05) is 12.6 Å². The molecule has 1 atom stereocenters. The molecule has 0 spiro atoms. The largest absolute Gasteiger partial charge is 0.352 e. The van der Waals surface area contributed by atoms with Crippen LogP contribution in [0.15, 0.2) is 77.7 Å². The van der Waals surface area contributed by atoms with Crippen molar-refractivity contribution in [3.63, 3.8) is 0 Å². The molecule has 0 aliphatic heterocycles. The lowest BCUT2D eigenvalue weighted by Crippen LogP contribution is -2.52. The highest BCUT2D eigenvalue weighted by Crippen LogP contribution is 2.35. The van der Waals surface area contributed by atoms with Crippen LogP contribution in [0.4, 0.5) is 5.69 Å². The Kier molecular flexibility index (Phi) is 9.77. The number of rotatable bonds is 10. The van der Waals surface area contributed by atoms with Gasteiger partial charge in [-0.1, -0.05) is 90.1 Å². The van der Waals surface area contributed by atoms with Crippen molar-refractivity contribution in [3.8, 4) is 0 Å². The van der Waals surface area contributed by atoms with Crippen molar-refractivity contribution < 1.29 is 18.0 Å². The summed E-state index contributed by atoms with van der Waals surface area (Å²) in [5.41, 5.74) is 1.91. The molecule has 212 valence electrons. The second kappa shape index (κ2) is 13.1. The quantitative estimate of drug-likeness (QED) is 0.310. The number of hydrogen-bond donors (Lipinski definition) is 1. The summed E-state index contributed by atoms with van der Waals surface area (Å²) in [7, 11) is -4.22. The topological polar surface area (TPSA) is 86.8 Å². The monoisotopic (exact) mass is 601 g/mol. The van der Waals surface area contributed by atoms with Crippen molar-refractivity contribution in [3.05, 3.63) is 94.0 Å². The first-order valence-corrected chi connectivity index (χ1v) is 15.4. The molecule has 0 aromatic heterocycles. The second-order valence-electron chi connectivity index (χ2n) is 10.1. The predicted molar refractivity (Wildman–Crippen MR) is 159 cm³/mol. The summed E-state index contributed by atoms with van der Waals surface area (Å²) >= 11 is 12.7. The molecule has 4 rings (SSSR count). The summed E-state index contributed by atoms with van der Waals surface area (Å²) in [5, 5.41) is 3.23. The minimum Gasteiger partial charge on any atom is -0.352 e. The van der Waals surface area contributed by atoms with E-state index in [0.717, 1.165) is 41.1 Å². The van der Waals surface area contributed by atoms with Gasteiger partial charge in [-0.05, 0) is 56.5 Å². The summed E-state index contributed by atoms with van der Waals surface area (Å²) in [6.07, 6.45) is 3.91. The van der Waals surface area contributed by atoms with E-state index in [9.17, 15) is 18.0 Å². The first-order valence-electron chi connectivity index (χ1n) is 13.2. The van der Waals surface area contributed by atoms with Gasteiger partial charge < -0.3 is 10.2 Å². The molecular formula is C30H33Cl2N3O4S. The number of sulfonamides is 1. The molecule has 1 aliphatic carbocycles. The Morgan fingerprint density at radius 2 is 1.65 bits per heavy atom. The van der Waals surface area contributed by atoms with Crippen molar-refractivity contribution in [1.82, 2.24) is 10.2 Å². The molecule has 1 N–H and O–H groups in total. The fourth-order valence-electron chi connectivity index (χ4n) is 4.90. The Morgan fingerprint density at radius 3 is 2.33 bits per heavy atom. The van der Waals surface area contributed by atoms with E-state index in [2.05, 4.69) is 5.32 Å². The molecule has 0 radical (unpaired) electrons. The number of carbonyl (C=O) groups excluding carboxylic acids is 2. The third kappa shape index (κ3) is 6.97. The zero-order valence-corrected chi connectivity index (χ0v) is 24.8. The predicted octanol–water partition coefficient (Wildman–Crippen LogP) is 5.97. The van der Waals surface area contributed by atoms with E-state index in [1.165, 1.54) is 23.1 Å². The van der Waals surface area contributed by atoms with Crippen molar-refractivity contribution >= 4 is 50.7 Å². The van der Waals surface area contributed by atoms with Crippen LogP contribution >= 0.6 is 23.2 Å². The molecule has 10 heteroatoms. The molecule has 1 fully saturated rings. The van der Waals surface area contributed by atoms with Crippen molar-refractivity contribution in [2.45, 2.75) is 63.1 Å². The highest BCUT2D eigenvalue weighted by Gasteiger charge is 2.34. The average molecular weight is 603 g/mol. The first-order chi connectivity index (χ1) is 19.1. The van der Waals surface area contributed by atoms with Crippen molar-refractivity contribution in [2.24, 2.45) is 0 Å². The zero-order chi connectivity index (χ0) is 28.9. The molecule has 0 heterocycles. The van der Waals surface area contributed by atoms with E-state index in [-0.39, 0.29) is 39.1 Å². The molecule has 1 unspecified atom stereocenters. The molecule has 1 aliphatic rings. The minimum absolute atomic E-state index is 0.00361. The Bertz CT molecular complexity index is 1460. The minimum atomic E-state index is -4.22. The molecule has 0 bridgehead atoms. The van der Waals surface area contributed by atoms with E-state index in [1.807, 2.05) is 31.2 Å². The Balaban J connectivity index is 1.71. The fourth-order valence-corrected chi connectivity index (χ4v) is 6.79. The maximum absolute atomic E-state index is 14.0. The first kappa shape index (κ1) is 29.9. The van der Waals surface area contributed by atoms with Crippen LogP contribution in [0.5, 0.6) is 0 Å². The standard InChI is InChI=1S/C30H33Cl2N3O4S/c1-21-10-8-11-23(18-21)19-34(22(2)30(37)33-24-12-6-7-13-24)28(36)20-35(27-17-9-16-26(31)29(27)32)40(38,39)25-14-4-3-5-15-25/h3-5,8-11,14-18,22,24H,6-7,12-13,19-20H2,1-2H3,(H,33,37). The van der Waals surface area contributed by atoms with Crippen molar-refractivity contribution in [2.75, 3.05) is 10.8 Å². The summed E-state index contributed by atoms with van der Waals surface area (Å²) in [4.78, 5) is 28.8. The highest BCUT2D eigenvalue weighted by atomic mass is 35.5. The third-order valence-electron chi connectivity index (χ3n) is 7.11. The molecule has 3 aromatic carbocycles. The number of benzene rings is 3. The zero-order valence-electron chi connectivity index (χ0n) is 22.5. The Labute approximate surface area is 246 Å². The third-order valence-corrected chi connectivity index (χ3v) is 9.70. The fraction of sp³-hybridized carbons (Fsp3) is 0.333. The lowest BCUT2D eigenvalue weighted by Gasteiger charge is -2.32. The number of anilines is 1. The van der Waals surface area contributed by atoms with Gasteiger partial charge in [-0.25, -0.2) is 8.42 Å². The van der Waals surface area contributed by atoms with Crippen LogP contribution in [0, 0.1) is 6.92 Å². The number of carbonyl (C=O) groups is 2. The van der Waals surface area contributed by atoms with Crippen LogP contribution in [0.25, 0.3) is 0 Å². The smallest absolute Gasteiger partial charge is 0.264 e. The average Bonchev–Trinajstić information content (AvgIpc) is 3.45. The van der Waals surface area contributed by atoms with Gasteiger partial charge in [0.05, 0.1) is 20.6 Å². The lowest BCUT2D eigenvalue weighted by molar-refractivity contribution is -0.139. The number of amides is 2. The number of halogens is 2. The van der Waals surface area contributed by atoms with E-state index < -0.39 is 28.5 Å². The molecule has 2 amide bonds. The lowest BCUT2D eigenvalue weighted by atomic mass is 10.1. The van der Waals surface area contributed by atoms with Gasteiger partial charge in [-0.15, -0.1) is 0 Å². The van der Waals surface area contributed by atoms with Gasteiger partial charge in [0.2, 0.25) is 11.8 Å². The van der Waals surface area contributed by atoms with Crippen LogP contribution in [0.3, 0.4) is 0 Å². The van der Waals surface area contributed by atoms with Gasteiger partial charge in [0.15, 0.2) is 0 Å². The van der Waals surface area contributed by atoms with E-state index in [1.54, 1.807) is 37.3 Å². The summed E-state index contributed by atoms with van der Waals surface area (Å²) < 4.78 is 28.7. The van der Waals surface area contributed by atoms with Crippen LogP contribution in [0.1, 0.15) is 43.7 Å². The van der Waals surface area contributed by atoms with Gasteiger partial charge in [0.25, 0.3) is 10.0 Å². The molecule has 0 saturated heterocycles. The van der Waals surface area contributed by atoms with Crippen molar-refractivity contribution in [1.29, 1.82) is 0 Å². The highest BCUT2D eigenvalue weighted by molar-refractivity contribution is 7.92. The van der Waals surface area contributed by atoms with Crippen LogP contribution < -0.4 is 9.62 Å². The summed E-state index contributed by atoms with van der Waals surface area (Å²) in [5.74, 6) is -0.822. The van der Waals surface area contributed by atoms with E-state index >= 15 is 0 Å². The van der Waals surface area contributed by atoms with Crippen LogP contribution in [-0.4, -0.2) is 43.8 Å². The Morgan fingerprint density at radius 1 is 0.975 bits per heavy atom. The van der Waals surface area contributed by atoms with E-state index in [4.69, 9.17) is 23.2 Å². The van der Waals surface area contributed by atoms with E-state index in [0.29, 0.717) is 0 Å². The molecule has 1 saturated carbocycles. The number of nitrogens with zero attached hydrogens (tertiary/aromatic N) is 2. The molecule has 40 heavy (non-hydrogen) atoms. The number of nitrogens with one attached hydrogen (secondary N) is 1. The molecule has 7 nitrogen and oxygen atoms in total. The second-order valence-corrected chi connectivity index (χ2v) is 12.7. The normalized spacial score (nSPS) is 14.5.